The van der Waals surface area contributed by atoms with E-state index >= 15 is 0 Å². The Hall–Kier alpha value is -1.31. The molecule has 1 N–H and O–H groups in total. The van der Waals surface area contributed by atoms with E-state index in [0.29, 0.717) is 0 Å². The lowest BCUT2D eigenvalue weighted by atomic mass is 10.2. The van der Waals surface area contributed by atoms with Gasteiger partial charge in [0.2, 0.25) is 6.33 Å². The van der Waals surface area contributed by atoms with Crippen LogP contribution in [0, 0.1) is 6.92 Å². The van der Waals surface area contributed by atoms with Gasteiger partial charge in [-0.1, -0.05) is 6.07 Å². The van der Waals surface area contributed by atoms with E-state index in [9.17, 15) is 0 Å². The molecule has 0 saturated carbocycles. The molecule has 0 aliphatic heterocycles. The monoisotopic (exact) mass is 147 g/mol. The number of hydrogen-bond donors (Lipinski definition) is 1. The van der Waals surface area contributed by atoms with Crippen LogP contribution in [0.3, 0.4) is 0 Å². The van der Waals surface area contributed by atoms with E-state index in [1.165, 1.54) is 16.6 Å². The average Bonchev–Trinajstić information content (AvgIpc) is 2.32. The minimum atomic E-state index is 1.20. The number of H-pyrrole nitrogens is 1. The Morgan fingerprint density at radius 1 is 1.36 bits per heavy atom. The highest BCUT2D eigenvalue weighted by molar-refractivity contribution is 5.71. The number of imidazole rings is 1. The molecule has 0 aliphatic carbocycles. The predicted octanol–water partition coefficient (Wildman–Crippen LogP) is 1.30. The van der Waals surface area contributed by atoms with Gasteiger partial charge < -0.3 is 0 Å². The summed E-state index contributed by atoms with van der Waals surface area (Å²) in [5.74, 6) is 0. The third-order valence-electron chi connectivity index (χ3n) is 1.95. The molecule has 0 spiro atoms. The molecule has 1 aromatic carbocycles. The van der Waals surface area contributed by atoms with E-state index in [1.807, 2.05) is 13.4 Å². The first kappa shape index (κ1) is 6.40. The predicted molar refractivity (Wildman–Crippen MR) is 44.2 cm³/mol. The van der Waals surface area contributed by atoms with Crippen LogP contribution in [0.2, 0.25) is 0 Å². The first-order valence-corrected chi connectivity index (χ1v) is 3.71. The number of nitrogens with zero attached hydrogens (tertiary/aromatic N) is 1. The highest BCUT2D eigenvalue weighted by atomic mass is 15.0. The Labute approximate surface area is 65.5 Å². The molecule has 2 nitrogen and oxygen atoms in total. The topological polar surface area (TPSA) is 19.7 Å². The van der Waals surface area contributed by atoms with Gasteiger partial charge in [0, 0.05) is 0 Å². The molecule has 11 heavy (non-hydrogen) atoms. The normalized spacial score (nSPS) is 10.7. The molecule has 0 unspecified atom stereocenters. The maximum atomic E-state index is 3.19. The molecule has 56 valence electrons. The lowest BCUT2D eigenvalue weighted by Crippen LogP contribution is -2.24. The van der Waals surface area contributed by atoms with Crippen molar-refractivity contribution >= 4 is 11.0 Å². The van der Waals surface area contributed by atoms with E-state index in [1.54, 1.807) is 0 Å². The number of rotatable bonds is 0. The molecule has 2 heteroatoms. The third-order valence-corrected chi connectivity index (χ3v) is 1.95. The highest BCUT2D eigenvalue weighted by Gasteiger charge is 2.03. The van der Waals surface area contributed by atoms with Crippen LogP contribution in [0.15, 0.2) is 24.5 Å². The van der Waals surface area contributed by atoms with Crippen LogP contribution in [0.1, 0.15) is 5.56 Å². The minimum absolute atomic E-state index is 1.20. The van der Waals surface area contributed by atoms with Gasteiger partial charge >= 0.3 is 0 Å². The summed E-state index contributed by atoms with van der Waals surface area (Å²) in [5.41, 5.74) is 3.74. The molecule has 1 aromatic heterocycles. The lowest BCUT2D eigenvalue weighted by molar-refractivity contribution is -0.644. The van der Waals surface area contributed by atoms with Gasteiger partial charge in [-0.2, -0.15) is 0 Å². The fourth-order valence-corrected chi connectivity index (χ4v) is 1.31. The van der Waals surface area contributed by atoms with Crippen molar-refractivity contribution in [2.75, 3.05) is 0 Å². The van der Waals surface area contributed by atoms with E-state index in [4.69, 9.17) is 0 Å². The Balaban J connectivity index is 2.86. The number of fused-ring (bicyclic) bond motifs is 1. The van der Waals surface area contributed by atoms with Gasteiger partial charge in [-0.05, 0) is 24.6 Å². The zero-order valence-electron chi connectivity index (χ0n) is 6.76. The molecular weight excluding hydrogens is 136 g/mol. The fourth-order valence-electron chi connectivity index (χ4n) is 1.31. The van der Waals surface area contributed by atoms with Crippen LogP contribution in [-0.2, 0) is 7.05 Å². The summed E-state index contributed by atoms with van der Waals surface area (Å²) in [6, 6.07) is 6.40. The van der Waals surface area contributed by atoms with Gasteiger partial charge in [-0.15, -0.1) is 0 Å². The second kappa shape index (κ2) is 2.09. The summed E-state index contributed by atoms with van der Waals surface area (Å²) in [4.78, 5) is 3.19. The second-order valence-electron chi connectivity index (χ2n) is 2.90. The fraction of sp³-hybridized carbons (Fsp3) is 0.222. The summed E-state index contributed by atoms with van der Waals surface area (Å²) < 4.78 is 2.08. The maximum absolute atomic E-state index is 3.19. The maximum Gasteiger partial charge on any atom is 0.242 e. The van der Waals surface area contributed by atoms with Crippen LogP contribution in [-0.4, -0.2) is 4.98 Å². The molecule has 0 amide bonds. The van der Waals surface area contributed by atoms with E-state index < -0.39 is 0 Å². The third kappa shape index (κ3) is 0.909. The average molecular weight is 147 g/mol. The number of aromatic amines is 1. The summed E-state index contributed by atoms with van der Waals surface area (Å²) >= 11 is 0. The molecule has 0 fully saturated rings. The first-order chi connectivity index (χ1) is 5.27. The van der Waals surface area contributed by atoms with Gasteiger partial charge in [-0.3, -0.25) is 0 Å². The van der Waals surface area contributed by atoms with Crippen molar-refractivity contribution < 1.29 is 4.57 Å². The lowest BCUT2D eigenvalue weighted by Gasteiger charge is -1.88. The summed E-state index contributed by atoms with van der Waals surface area (Å²) in [5, 5.41) is 0. The van der Waals surface area contributed by atoms with E-state index in [-0.39, 0.29) is 0 Å². The Kier molecular flexibility index (Phi) is 1.22. The summed E-state index contributed by atoms with van der Waals surface area (Å²) in [6.07, 6.45) is 1.96. The molecule has 0 saturated heterocycles. The Bertz CT molecular complexity index is 387. The number of aromatic nitrogens is 2. The van der Waals surface area contributed by atoms with Crippen LogP contribution in [0.25, 0.3) is 11.0 Å². The summed E-state index contributed by atoms with van der Waals surface area (Å²) in [7, 11) is 2.04. The van der Waals surface area contributed by atoms with Crippen LogP contribution in [0.5, 0.6) is 0 Å². The second-order valence-corrected chi connectivity index (χ2v) is 2.90. The summed E-state index contributed by atoms with van der Waals surface area (Å²) in [6.45, 7) is 2.10. The quantitative estimate of drug-likeness (QED) is 0.542. The van der Waals surface area contributed by atoms with Gasteiger partial charge in [-0.25, -0.2) is 9.55 Å². The van der Waals surface area contributed by atoms with Crippen molar-refractivity contribution in [1.82, 2.24) is 4.98 Å². The number of hydrogen-bond acceptors (Lipinski definition) is 0. The standard InChI is InChI=1S/C9H10N2/c1-7-3-4-9-8(5-7)10-6-11(9)2/h3-6H,1-2H3/p+1. The van der Waals surface area contributed by atoms with Gasteiger partial charge in [0.1, 0.15) is 0 Å². The molecular formula is C9H11N2+. The largest absolute Gasteiger partial charge is 0.243 e. The van der Waals surface area contributed by atoms with Gasteiger partial charge in [0.05, 0.1) is 7.05 Å². The zero-order chi connectivity index (χ0) is 7.84. The van der Waals surface area contributed by atoms with Crippen molar-refractivity contribution in [3.8, 4) is 0 Å². The number of benzene rings is 1. The van der Waals surface area contributed by atoms with Crippen molar-refractivity contribution in [1.29, 1.82) is 0 Å². The van der Waals surface area contributed by atoms with Gasteiger partial charge in [0.15, 0.2) is 11.0 Å². The van der Waals surface area contributed by atoms with Gasteiger partial charge in [0.25, 0.3) is 0 Å². The van der Waals surface area contributed by atoms with Crippen molar-refractivity contribution in [2.45, 2.75) is 6.92 Å². The molecule has 0 atom stereocenters. The van der Waals surface area contributed by atoms with Crippen LogP contribution < -0.4 is 4.57 Å². The van der Waals surface area contributed by atoms with Crippen LogP contribution >= 0.6 is 0 Å². The molecule has 1 heterocycles. The molecule has 0 bridgehead atoms. The van der Waals surface area contributed by atoms with Crippen LogP contribution in [0.4, 0.5) is 0 Å². The number of aryl methyl sites for hydroxylation is 2. The smallest absolute Gasteiger partial charge is 0.242 e. The SMILES string of the molecule is Cc1ccc2c(c1)[nH]c[n+]2C. The van der Waals surface area contributed by atoms with Crippen molar-refractivity contribution in [2.24, 2.45) is 7.05 Å². The molecule has 0 radical (unpaired) electrons. The molecule has 0 aliphatic rings. The minimum Gasteiger partial charge on any atom is -0.243 e. The van der Waals surface area contributed by atoms with E-state index in [2.05, 4.69) is 34.7 Å². The number of nitrogens with one attached hydrogen (secondary N) is 1. The molecule has 2 rings (SSSR count). The van der Waals surface area contributed by atoms with E-state index in [0.717, 1.165) is 0 Å². The van der Waals surface area contributed by atoms with Crippen molar-refractivity contribution in [3.05, 3.63) is 30.1 Å². The molecule has 2 aromatic rings. The first-order valence-electron chi connectivity index (χ1n) is 3.71. The Morgan fingerprint density at radius 3 is 3.00 bits per heavy atom. The van der Waals surface area contributed by atoms with Crippen molar-refractivity contribution in [3.63, 3.8) is 0 Å². The zero-order valence-corrected chi connectivity index (χ0v) is 6.76. The highest BCUT2D eigenvalue weighted by Crippen LogP contribution is 2.08. The Morgan fingerprint density at radius 2 is 2.18 bits per heavy atom.